The van der Waals surface area contributed by atoms with E-state index in [0.29, 0.717) is 6.42 Å². The fourth-order valence-electron chi connectivity index (χ4n) is 1.46. The Kier molecular flexibility index (Phi) is 5.45. The Morgan fingerprint density at radius 1 is 1.35 bits per heavy atom. The molecule has 0 spiro atoms. The molecule has 0 bridgehead atoms. The van der Waals surface area contributed by atoms with Gasteiger partial charge in [0.15, 0.2) is 0 Å². The number of nitrogens with zero attached hydrogens (tertiary/aromatic N) is 1. The van der Waals surface area contributed by atoms with Crippen molar-refractivity contribution in [1.82, 2.24) is 4.90 Å². The van der Waals surface area contributed by atoms with Gasteiger partial charge in [0, 0.05) is 7.05 Å². The average Bonchev–Trinajstić information content (AvgIpc) is 2.14. The molecule has 1 amide bonds. The molecule has 0 aliphatic heterocycles. The first-order valence-corrected chi connectivity index (χ1v) is 5.78. The second-order valence-corrected chi connectivity index (χ2v) is 5.26. The SMILES string of the molecule is CCC(C)[C@@H](C(=O)O)N(C)C(=O)OC(C)(C)C. The van der Waals surface area contributed by atoms with Gasteiger partial charge in [-0.25, -0.2) is 9.59 Å². The molecule has 0 heterocycles. The van der Waals surface area contributed by atoms with E-state index in [0.717, 1.165) is 4.90 Å². The summed E-state index contributed by atoms with van der Waals surface area (Å²) in [5.74, 6) is -1.13. The first kappa shape index (κ1) is 15.7. The second kappa shape index (κ2) is 5.89. The van der Waals surface area contributed by atoms with Crippen LogP contribution in [0.2, 0.25) is 0 Å². The van der Waals surface area contributed by atoms with E-state index in [2.05, 4.69) is 0 Å². The van der Waals surface area contributed by atoms with E-state index in [1.54, 1.807) is 27.7 Å². The van der Waals surface area contributed by atoms with E-state index >= 15 is 0 Å². The Balaban J connectivity index is 4.79. The lowest BCUT2D eigenvalue weighted by Crippen LogP contribution is -2.48. The van der Waals surface area contributed by atoms with Gasteiger partial charge in [-0.2, -0.15) is 0 Å². The van der Waals surface area contributed by atoms with Gasteiger partial charge in [-0.1, -0.05) is 20.3 Å². The third-order valence-electron chi connectivity index (χ3n) is 2.53. The van der Waals surface area contributed by atoms with E-state index in [1.165, 1.54) is 7.05 Å². The summed E-state index contributed by atoms with van der Waals surface area (Å²) in [7, 11) is 1.46. The van der Waals surface area contributed by atoms with Crippen molar-refractivity contribution >= 4 is 12.1 Å². The molecule has 0 fully saturated rings. The van der Waals surface area contributed by atoms with Crippen molar-refractivity contribution in [2.24, 2.45) is 5.92 Å². The number of carboxylic acids is 1. The van der Waals surface area contributed by atoms with Gasteiger partial charge in [0.05, 0.1) is 0 Å². The van der Waals surface area contributed by atoms with Crippen molar-refractivity contribution in [3.63, 3.8) is 0 Å². The predicted molar refractivity (Wildman–Crippen MR) is 64.9 cm³/mol. The van der Waals surface area contributed by atoms with Gasteiger partial charge in [0.25, 0.3) is 0 Å². The molecule has 0 aromatic carbocycles. The minimum Gasteiger partial charge on any atom is -0.480 e. The lowest BCUT2D eigenvalue weighted by atomic mass is 9.98. The summed E-state index contributed by atoms with van der Waals surface area (Å²) in [6.07, 6.45) is 0.0783. The van der Waals surface area contributed by atoms with Crippen LogP contribution in [-0.2, 0) is 9.53 Å². The molecule has 0 aliphatic rings. The fourth-order valence-corrected chi connectivity index (χ4v) is 1.46. The molecular weight excluding hydrogens is 222 g/mol. The Morgan fingerprint density at radius 3 is 2.12 bits per heavy atom. The summed E-state index contributed by atoms with van der Waals surface area (Å²) in [6, 6.07) is -0.852. The van der Waals surface area contributed by atoms with Crippen molar-refractivity contribution in [3.8, 4) is 0 Å². The number of rotatable bonds is 4. The summed E-state index contributed by atoms with van der Waals surface area (Å²) < 4.78 is 5.15. The highest BCUT2D eigenvalue weighted by Gasteiger charge is 2.33. The van der Waals surface area contributed by atoms with E-state index in [9.17, 15) is 9.59 Å². The zero-order valence-electron chi connectivity index (χ0n) is 11.5. The molecule has 5 heteroatoms. The van der Waals surface area contributed by atoms with Crippen LogP contribution in [0.5, 0.6) is 0 Å². The molecule has 0 saturated carbocycles. The van der Waals surface area contributed by atoms with Gasteiger partial charge in [0.1, 0.15) is 11.6 Å². The summed E-state index contributed by atoms with van der Waals surface area (Å²) in [5.41, 5.74) is -0.621. The van der Waals surface area contributed by atoms with Gasteiger partial charge in [-0.05, 0) is 26.7 Å². The summed E-state index contributed by atoms with van der Waals surface area (Å²) in [4.78, 5) is 24.1. The monoisotopic (exact) mass is 245 g/mol. The Morgan fingerprint density at radius 2 is 1.82 bits per heavy atom. The number of carboxylic acid groups (broad SMARTS) is 1. The molecule has 2 atom stereocenters. The Hall–Kier alpha value is -1.26. The minimum atomic E-state index is -1.01. The van der Waals surface area contributed by atoms with Crippen LogP contribution in [0.3, 0.4) is 0 Å². The molecule has 0 aromatic rings. The highest BCUT2D eigenvalue weighted by atomic mass is 16.6. The summed E-state index contributed by atoms with van der Waals surface area (Å²) in [6.45, 7) is 8.94. The molecule has 100 valence electrons. The zero-order valence-corrected chi connectivity index (χ0v) is 11.5. The molecule has 1 unspecified atom stereocenters. The number of carbonyl (C=O) groups is 2. The first-order valence-electron chi connectivity index (χ1n) is 5.78. The van der Waals surface area contributed by atoms with E-state index in [4.69, 9.17) is 9.84 Å². The van der Waals surface area contributed by atoms with Crippen LogP contribution in [0.1, 0.15) is 41.0 Å². The molecule has 17 heavy (non-hydrogen) atoms. The quantitative estimate of drug-likeness (QED) is 0.825. The van der Waals surface area contributed by atoms with Crippen molar-refractivity contribution in [1.29, 1.82) is 0 Å². The van der Waals surface area contributed by atoms with Crippen LogP contribution >= 0.6 is 0 Å². The van der Waals surface area contributed by atoms with Gasteiger partial charge in [-0.3, -0.25) is 4.90 Å². The van der Waals surface area contributed by atoms with E-state index in [-0.39, 0.29) is 5.92 Å². The molecule has 0 aromatic heterocycles. The molecule has 0 saturated heterocycles. The predicted octanol–water partition coefficient (Wildman–Crippen LogP) is 2.35. The van der Waals surface area contributed by atoms with E-state index in [1.807, 2.05) is 6.92 Å². The van der Waals surface area contributed by atoms with Crippen LogP contribution in [0.4, 0.5) is 4.79 Å². The number of aliphatic carboxylic acids is 1. The Labute approximate surface area is 103 Å². The molecule has 5 nitrogen and oxygen atoms in total. The highest BCUT2D eigenvalue weighted by molar-refractivity contribution is 5.80. The standard InChI is InChI=1S/C12H23NO4/c1-7-8(2)9(10(14)15)13(6)11(16)17-12(3,4)5/h8-9H,7H2,1-6H3,(H,14,15)/t8?,9-/m0/s1. The first-order chi connectivity index (χ1) is 7.60. The topological polar surface area (TPSA) is 66.8 Å². The maximum Gasteiger partial charge on any atom is 0.410 e. The van der Waals surface area contributed by atoms with Crippen molar-refractivity contribution in [2.45, 2.75) is 52.7 Å². The van der Waals surface area contributed by atoms with Gasteiger partial charge < -0.3 is 9.84 Å². The minimum absolute atomic E-state index is 0.120. The third kappa shape index (κ3) is 5.06. The lowest BCUT2D eigenvalue weighted by Gasteiger charge is -2.31. The fraction of sp³-hybridized carbons (Fsp3) is 0.833. The summed E-state index contributed by atoms with van der Waals surface area (Å²) in [5, 5.41) is 9.14. The Bertz CT molecular complexity index is 283. The smallest absolute Gasteiger partial charge is 0.410 e. The van der Waals surface area contributed by atoms with Crippen LogP contribution in [0.25, 0.3) is 0 Å². The molecule has 1 N–H and O–H groups in total. The lowest BCUT2D eigenvalue weighted by molar-refractivity contribution is -0.144. The van der Waals surface area contributed by atoms with E-state index < -0.39 is 23.7 Å². The number of carbonyl (C=O) groups excluding carboxylic acids is 1. The van der Waals surface area contributed by atoms with Crippen LogP contribution in [0, 0.1) is 5.92 Å². The van der Waals surface area contributed by atoms with Gasteiger partial charge >= 0.3 is 12.1 Å². The zero-order chi connectivity index (χ0) is 13.8. The highest BCUT2D eigenvalue weighted by Crippen LogP contribution is 2.17. The van der Waals surface area contributed by atoms with Gasteiger partial charge in [-0.15, -0.1) is 0 Å². The average molecular weight is 245 g/mol. The van der Waals surface area contributed by atoms with Crippen LogP contribution in [-0.4, -0.2) is 40.8 Å². The van der Waals surface area contributed by atoms with Crippen molar-refractivity contribution in [2.75, 3.05) is 7.05 Å². The molecule has 0 rings (SSSR count). The normalized spacial score (nSPS) is 14.9. The number of amides is 1. The molecule has 0 radical (unpaired) electrons. The third-order valence-corrected chi connectivity index (χ3v) is 2.53. The second-order valence-electron chi connectivity index (χ2n) is 5.26. The number of likely N-dealkylation sites (N-methyl/N-ethyl adjacent to an activating group) is 1. The van der Waals surface area contributed by atoms with Crippen molar-refractivity contribution < 1.29 is 19.4 Å². The van der Waals surface area contributed by atoms with Crippen molar-refractivity contribution in [3.05, 3.63) is 0 Å². The number of ether oxygens (including phenoxy) is 1. The number of hydrogen-bond acceptors (Lipinski definition) is 3. The maximum atomic E-state index is 11.8. The molecular formula is C12H23NO4. The summed E-state index contributed by atoms with van der Waals surface area (Å²) >= 11 is 0. The van der Waals surface area contributed by atoms with Crippen LogP contribution < -0.4 is 0 Å². The van der Waals surface area contributed by atoms with Gasteiger partial charge in [0.2, 0.25) is 0 Å². The largest absolute Gasteiger partial charge is 0.480 e. The number of hydrogen-bond donors (Lipinski definition) is 1. The molecule has 0 aliphatic carbocycles. The van der Waals surface area contributed by atoms with Crippen LogP contribution in [0.15, 0.2) is 0 Å². The maximum absolute atomic E-state index is 11.8.